The van der Waals surface area contributed by atoms with Crippen LogP contribution in [0.4, 0.5) is 10.1 Å². The standard InChI is InChI=1S/C15H18BrFN2O3/c1-9(8-22-2)19-7-10(5-14(19)20)15(21)18-13-4-3-11(16)6-12(13)17/h3-4,6,9-10H,5,7-8H2,1-2H3,(H,18,21). The molecule has 2 unspecified atom stereocenters. The normalized spacial score (nSPS) is 19.4. The number of anilines is 1. The number of rotatable bonds is 5. The zero-order chi connectivity index (χ0) is 16.3. The highest BCUT2D eigenvalue weighted by molar-refractivity contribution is 9.10. The Labute approximate surface area is 136 Å². The van der Waals surface area contributed by atoms with E-state index < -0.39 is 11.7 Å². The predicted octanol–water partition coefficient (Wildman–Crippen LogP) is 2.41. The third-order valence-electron chi connectivity index (χ3n) is 3.66. The molecule has 0 radical (unpaired) electrons. The summed E-state index contributed by atoms with van der Waals surface area (Å²) in [4.78, 5) is 25.8. The SMILES string of the molecule is COCC(C)N1CC(C(=O)Nc2ccc(Br)cc2F)CC1=O. The summed E-state index contributed by atoms with van der Waals surface area (Å²) < 4.78 is 19.4. The van der Waals surface area contributed by atoms with E-state index in [0.717, 1.165) is 0 Å². The summed E-state index contributed by atoms with van der Waals surface area (Å²) in [5, 5.41) is 2.55. The Hall–Kier alpha value is -1.47. The van der Waals surface area contributed by atoms with E-state index >= 15 is 0 Å². The second-order valence-electron chi connectivity index (χ2n) is 5.36. The van der Waals surface area contributed by atoms with Gasteiger partial charge in [-0.05, 0) is 25.1 Å². The van der Waals surface area contributed by atoms with Crippen LogP contribution in [0.25, 0.3) is 0 Å². The molecule has 120 valence electrons. The minimum absolute atomic E-state index is 0.0824. The second kappa shape index (κ2) is 7.19. The Morgan fingerprint density at radius 1 is 1.59 bits per heavy atom. The molecule has 2 rings (SSSR count). The van der Waals surface area contributed by atoms with Gasteiger partial charge in [0.15, 0.2) is 0 Å². The predicted molar refractivity (Wildman–Crippen MR) is 83.9 cm³/mol. The van der Waals surface area contributed by atoms with Crippen molar-refractivity contribution in [1.82, 2.24) is 4.90 Å². The average Bonchev–Trinajstić information content (AvgIpc) is 2.84. The van der Waals surface area contributed by atoms with Gasteiger partial charge in [-0.25, -0.2) is 4.39 Å². The van der Waals surface area contributed by atoms with E-state index in [1.807, 2.05) is 6.92 Å². The van der Waals surface area contributed by atoms with E-state index in [1.165, 1.54) is 12.1 Å². The van der Waals surface area contributed by atoms with E-state index in [4.69, 9.17) is 4.74 Å². The summed E-state index contributed by atoms with van der Waals surface area (Å²) >= 11 is 3.16. The summed E-state index contributed by atoms with van der Waals surface area (Å²) in [7, 11) is 1.57. The molecule has 5 nitrogen and oxygen atoms in total. The lowest BCUT2D eigenvalue weighted by Crippen LogP contribution is -2.38. The quantitative estimate of drug-likeness (QED) is 0.863. The molecular formula is C15H18BrFN2O3. The highest BCUT2D eigenvalue weighted by Gasteiger charge is 2.36. The van der Waals surface area contributed by atoms with Crippen molar-refractivity contribution in [3.63, 3.8) is 0 Å². The van der Waals surface area contributed by atoms with Crippen molar-refractivity contribution in [2.75, 3.05) is 25.6 Å². The Bertz CT molecular complexity index is 582. The fourth-order valence-electron chi connectivity index (χ4n) is 2.49. The molecule has 1 aliphatic heterocycles. The second-order valence-corrected chi connectivity index (χ2v) is 6.28. The van der Waals surface area contributed by atoms with Crippen LogP contribution in [-0.4, -0.2) is 43.0 Å². The maximum Gasteiger partial charge on any atom is 0.229 e. The maximum atomic E-state index is 13.7. The zero-order valence-electron chi connectivity index (χ0n) is 12.4. The molecule has 1 aromatic carbocycles. The molecule has 1 heterocycles. The molecule has 0 saturated carbocycles. The number of ether oxygens (including phenoxy) is 1. The van der Waals surface area contributed by atoms with Gasteiger partial charge in [-0.15, -0.1) is 0 Å². The Balaban J connectivity index is 2.00. The molecule has 0 bridgehead atoms. The smallest absolute Gasteiger partial charge is 0.229 e. The van der Waals surface area contributed by atoms with Crippen LogP contribution in [0.2, 0.25) is 0 Å². The number of nitrogens with one attached hydrogen (secondary N) is 1. The first kappa shape index (κ1) is 16.9. The topological polar surface area (TPSA) is 58.6 Å². The van der Waals surface area contributed by atoms with E-state index in [9.17, 15) is 14.0 Å². The number of halogens is 2. The minimum atomic E-state index is -0.517. The van der Waals surface area contributed by atoms with Gasteiger partial charge in [-0.2, -0.15) is 0 Å². The maximum absolute atomic E-state index is 13.7. The molecule has 0 aliphatic carbocycles. The largest absolute Gasteiger partial charge is 0.383 e. The molecule has 0 aromatic heterocycles. The van der Waals surface area contributed by atoms with Crippen molar-refractivity contribution < 1.29 is 18.7 Å². The molecule has 22 heavy (non-hydrogen) atoms. The van der Waals surface area contributed by atoms with Crippen molar-refractivity contribution in [3.05, 3.63) is 28.5 Å². The van der Waals surface area contributed by atoms with Crippen LogP contribution in [0.5, 0.6) is 0 Å². The third-order valence-corrected chi connectivity index (χ3v) is 4.15. The number of hydrogen-bond acceptors (Lipinski definition) is 3. The van der Waals surface area contributed by atoms with Crippen molar-refractivity contribution in [1.29, 1.82) is 0 Å². The van der Waals surface area contributed by atoms with Crippen LogP contribution < -0.4 is 5.32 Å². The molecule has 1 aromatic rings. The summed E-state index contributed by atoms with van der Waals surface area (Å²) in [5.41, 5.74) is 0.115. The van der Waals surface area contributed by atoms with Crippen molar-refractivity contribution in [3.8, 4) is 0 Å². The van der Waals surface area contributed by atoms with Crippen molar-refractivity contribution in [2.24, 2.45) is 5.92 Å². The van der Waals surface area contributed by atoms with Gasteiger partial charge in [0.05, 0.1) is 24.3 Å². The lowest BCUT2D eigenvalue weighted by atomic mass is 10.1. The van der Waals surface area contributed by atoms with Crippen molar-refractivity contribution in [2.45, 2.75) is 19.4 Å². The molecule has 7 heteroatoms. The number of carbonyl (C=O) groups is 2. The van der Waals surface area contributed by atoms with Gasteiger partial charge >= 0.3 is 0 Å². The average molecular weight is 373 g/mol. The van der Waals surface area contributed by atoms with E-state index in [0.29, 0.717) is 17.6 Å². The molecule has 2 atom stereocenters. The Kier molecular flexibility index (Phi) is 5.52. The first-order valence-corrected chi connectivity index (χ1v) is 7.76. The van der Waals surface area contributed by atoms with Crippen LogP contribution in [0.15, 0.2) is 22.7 Å². The van der Waals surface area contributed by atoms with Gasteiger partial charge in [-0.3, -0.25) is 9.59 Å². The summed E-state index contributed by atoms with van der Waals surface area (Å²) in [5.74, 6) is -1.42. The number of benzene rings is 1. The fourth-order valence-corrected chi connectivity index (χ4v) is 2.82. The van der Waals surface area contributed by atoms with Gasteiger partial charge in [0.2, 0.25) is 11.8 Å². The van der Waals surface area contributed by atoms with E-state index in [-0.39, 0.29) is 30.0 Å². The fraction of sp³-hybridized carbons (Fsp3) is 0.467. The van der Waals surface area contributed by atoms with Gasteiger partial charge in [0.25, 0.3) is 0 Å². The number of likely N-dealkylation sites (tertiary alicyclic amines) is 1. The summed E-state index contributed by atoms with van der Waals surface area (Å²) in [6.07, 6.45) is 0.137. The Morgan fingerprint density at radius 2 is 2.32 bits per heavy atom. The van der Waals surface area contributed by atoms with Gasteiger partial charge in [-0.1, -0.05) is 15.9 Å². The highest BCUT2D eigenvalue weighted by atomic mass is 79.9. The van der Waals surface area contributed by atoms with Crippen LogP contribution in [0, 0.1) is 11.7 Å². The molecule has 0 spiro atoms. The number of methoxy groups -OCH3 is 1. The highest BCUT2D eigenvalue weighted by Crippen LogP contribution is 2.24. The van der Waals surface area contributed by atoms with Crippen LogP contribution in [0.1, 0.15) is 13.3 Å². The third kappa shape index (κ3) is 3.84. The monoisotopic (exact) mass is 372 g/mol. The molecule has 1 N–H and O–H groups in total. The van der Waals surface area contributed by atoms with Crippen molar-refractivity contribution >= 4 is 33.4 Å². The van der Waals surface area contributed by atoms with Gasteiger partial charge in [0.1, 0.15) is 5.82 Å². The summed E-state index contributed by atoms with van der Waals surface area (Å²) in [6.45, 7) is 2.62. The molecule has 2 amide bonds. The number of carbonyl (C=O) groups excluding carboxylic acids is 2. The zero-order valence-corrected chi connectivity index (χ0v) is 14.0. The van der Waals surface area contributed by atoms with Gasteiger partial charge < -0.3 is 15.0 Å². The first-order chi connectivity index (χ1) is 10.4. The molecular weight excluding hydrogens is 355 g/mol. The van der Waals surface area contributed by atoms with Crippen LogP contribution in [0.3, 0.4) is 0 Å². The van der Waals surface area contributed by atoms with Crippen LogP contribution in [-0.2, 0) is 14.3 Å². The van der Waals surface area contributed by atoms with E-state index in [1.54, 1.807) is 18.1 Å². The van der Waals surface area contributed by atoms with Gasteiger partial charge in [0, 0.05) is 24.5 Å². The number of nitrogens with zero attached hydrogens (tertiary/aromatic N) is 1. The number of hydrogen-bond donors (Lipinski definition) is 1. The lowest BCUT2D eigenvalue weighted by Gasteiger charge is -2.23. The summed E-state index contributed by atoms with van der Waals surface area (Å²) in [6, 6.07) is 4.33. The Morgan fingerprint density at radius 3 is 2.95 bits per heavy atom. The lowest BCUT2D eigenvalue weighted by molar-refractivity contribution is -0.130. The molecule has 1 fully saturated rings. The van der Waals surface area contributed by atoms with Crippen LogP contribution >= 0.6 is 15.9 Å². The number of amides is 2. The first-order valence-electron chi connectivity index (χ1n) is 6.96. The minimum Gasteiger partial charge on any atom is -0.383 e. The molecule has 1 aliphatic rings. The van der Waals surface area contributed by atoms with E-state index in [2.05, 4.69) is 21.2 Å². The molecule has 1 saturated heterocycles.